The first-order chi connectivity index (χ1) is 21.8. The summed E-state index contributed by atoms with van der Waals surface area (Å²) < 4.78 is 93.5. The van der Waals surface area contributed by atoms with Crippen LogP contribution in [0.2, 0.25) is 0 Å². The normalized spacial score (nSPS) is 14.5. The van der Waals surface area contributed by atoms with Crippen molar-refractivity contribution in [2.45, 2.75) is 23.5 Å². The molecule has 9 nitrogen and oxygen atoms in total. The lowest BCUT2D eigenvalue weighted by atomic mass is 10.0. The molecule has 1 aliphatic rings. The summed E-state index contributed by atoms with van der Waals surface area (Å²) in [5.74, 6) is -3.09. The number of carbonyl (C=O) groups excluding carboxylic acids is 1. The zero-order valence-corrected chi connectivity index (χ0v) is 24.9. The number of methoxy groups -OCH3 is 1. The van der Waals surface area contributed by atoms with Gasteiger partial charge in [0.25, 0.3) is 10.0 Å². The Morgan fingerprint density at radius 3 is 2.37 bits per heavy atom. The van der Waals surface area contributed by atoms with Crippen molar-refractivity contribution in [2.75, 3.05) is 24.6 Å². The van der Waals surface area contributed by atoms with E-state index in [1.165, 1.54) is 49.6 Å². The molecule has 0 bridgehead atoms. The number of carboxylic acid groups (broad SMARTS) is 1. The third-order valence-corrected chi connectivity index (χ3v) is 9.14. The van der Waals surface area contributed by atoms with Gasteiger partial charge in [-0.3, -0.25) is 9.10 Å². The number of nitrogens with one attached hydrogen (secondary N) is 1. The van der Waals surface area contributed by atoms with Crippen LogP contribution in [-0.4, -0.2) is 51.7 Å². The Labute approximate surface area is 261 Å². The molecule has 240 valence electrons. The maximum atomic E-state index is 13.9. The Morgan fingerprint density at radius 2 is 1.70 bits per heavy atom. The van der Waals surface area contributed by atoms with Crippen LogP contribution in [0.3, 0.4) is 0 Å². The number of nitrogens with zero attached hydrogens (tertiary/aromatic N) is 1. The topological polar surface area (TPSA) is 122 Å². The summed E-state index contributed by atoms with van der Waals surface area (Å²) in [6.07, 6.45) is -4.85. The molecule has 2 N–H and O–H groups in total. The SMILES string of the molecule is COc1cc(F)ccc1-c1ccc(S(=O)(=O)N2c3ccccc3C[C@H]2C(=O)NCCOc2ccc(C(=O)O)cc2C(F)(F)F)cc1. The fourth-order valence-corrected chi connectivity index (χ4v) is 6.79. The van der Waals surface area contributed by atoms with E-state index < -0.39 is 63.4 Å². The van der Waals surface area contributed by atoms with E-state index in [9.17, 15) is 35.6 Å². The quantitative estimate of drug-likeness (QED) is 0.170. The average Bonchev–Trinajstić information content (AvgIpc) is 3.43. The molecule has 0 fully saturated rings. The van der Waals surface area contributed by atoms with Crippen molar-refractivity contribution in [3.63, 3.8) is 0 Å². The molecule has 4 aromatic rings. The number of ether oxygens (including phenoxy) is 2. The van der Waals surface area contributed by atoms with Gasteiger partial charge in [-0.2, -0.15) is 13.2 Å². The Balaban J connectivity index is 1.33. The molecule has 1 atom stereocenters. The van der Waals surface area contributed by atoms with Crippen LogP contribution in [0, 0.1) is 5.82 Å². The van der Waals surface area contributed by atoms with E-state index in [1.807, 2.05) is 0 Å². The highest BCUT2D eigenvalue weighted by molar-refractivity contribution is 7.93. The highest BCUT2D eigenvalue weighted by Crippen LogP contribution is 2.39. The zero-order chi connectivity index (χ0) is 33.2. The van der Waals surface area contributed by atoms with Crippen molar-refractivity contribution in [3.05, 3.63) is 107 Å². The smallest absolute Gasteiger partial charge is 0.419 e. The van der Waals surface area contributed by atoms with Crippen LogP contribution in [0.25, 0.3) is 11.1 Å². The fraction of sp³-hybridized carbons (Fsp3) is 0.188. The number of benzene rings is 4. The van der Waals surface area contributed by atoms with E-state index >= 15 is 0 Å². The lowest BCUT2D eigenvalue weighted by Gasteiger charge is -2.26. The zero-order valence-electron chi connectivity index (χ0n) is 24.0. The number of anilines is 1. The van der Waals surface area contributed by atoms with Gasteiger partial charge in [0.1, 0.15) is 30.0 Å². The summed E-state index contributed by atoms with van der Waals surface area (Å²) in [4.78, 5) is 24.3. The summed E-state index contributed by atoms with van der Waals surface area (Å²) in [5, 5.41) is 11.6. The molecule has 1 heterocycles. The molecule has 0 spiro atoms. The summed E-state index contributed by atoms with van der Waals surface area (Å²) in [7, 11) is -2.91. The monoisotopic (exact) mass is 658 g/mol. The molecular formula is C32H26F4N2O7S. The number of sulfonamides is 1. The third-order valence-electron chi connectivity index (χ3n) is 7.30. The van der Waals surface area contributed by atoms with Gasteiger partial charge >= 0.3 is 12.1 Å². The minimum absolute atomic E-state index is 0.0435. The van der Waals surface area contributed by atoms with Crippen LogP contribution in [0.1, 0.15) is 21.5 Å². The minimum atomic E-state index is -4.89. The number of para-hydroxylation sites is 1. The largest absolute Gasteiger partial charge is 0.496 e. The Morgan fingerprint density at radius 1 is 0.978 bits per heavy atom. The van der Waals surface area contributed by atoms with Gasteiger partial charge in [-0.15, -0.1) is 0 Å². The molecule has 1 aliphatic heterocycles. The Kier molecular flexibility index (Phi) is 8.92. The summed E-state index contributed by atoms with van der Waals surface area (Å²) >= 11 is 0. The maximum Gasteiger partial charge on any atom is 0.419 e. The average molecular weight is 659 g/mol. The number of hydrogen-bond donors (Lipinski definition) is 2. The van der Waals surface area contributed by atoms with Crippen molar-refractivity contribution in [2.24, 2.45) is 0 Å². The summed E-state index contributed by atoms with van der Waals surface area (Å²) in [6, 6.07) is 17.5. The first-order valence-corrected chi connectivity index (χ1v) is 15.2. The van der Waals surface area contributed by atoms with E-state index in [0.29, 0.717) is 28.4 Å². The number of alkyl halides is 3. The predicted octanol–water partition coefficient (Wildman–Crippen LogP) is 5.53. The van der Waals surface area contributed by atoms with Gasteiger partial charge in [-0.1, -0.05) is 30.3 Å². The number of rotatable bonds is 10. The van der Waals surface area contributed by atoms with Gasteiger partial charge < -0.3 is 19.9 Å². The van der Waals surface area contributed by atoms with E-state index in [2.05, 4.69) is 5.32 Å². The molecule has 0 aromatic heterocycles. The van der Waals surface area contributed by atoms with Crippen molar-refractivity contribution < 1.29 is 50.1 Å². The molecule has 1 amide bonds. The molecule has 46 heavy (non-hydrogen) atoms. The van der Waals surface area contributed by atoms with Gasteiger partial charge in [0, 0.05) is 18.1 Å². The van der Waals surface area contributed by atoms with Crippen LogP contribution in [0.15, 0.2) is 89.8 Å². The fourth-order valence-electron chi connectivity index (χ4n) is 5.14. The number of carbonyl (C=O) groups is 2. The number of carboxylic acids is 1. The Bertz CT molecular complexity index is 1900. The standard InChI is InChI=1S/C32H26F4N2O7S/c1-44-29-18-22(33)9-12-24(29)19-6-10-23(11-7-19)46(42,43)38-26-5-3-2-4-20(26)17-27(38)30(39)37-14-15-45-28-13-8-21(31(40)41)16-25(28)32(34,35)36/h2-13,16,18,27H,14-15,17H2,1H3,(H,37,39)(H,40,41)/t27-/m0/s1. The van der Waals surface area contributed by atoms with Crippen LogP contribution in [-0.2, 0) is 27.4 Å². The summed E-state index contributed by atoms with van der Waals surface area (Å²) in [5.41, 5.74) is 0.156. The van der Waals surface area contributed by atoms with Crippen molar-refractivity contribution in [3.8, 4) is 22.6 Å². The van der Waals surface area contributed by atoms with Crippen LogP contribution >= 0.6 is 0 Å². The van der Waals surface area contributed by atoms with Gasteiger partial charge in [0.05, 0.1) is 35.4 Å². The third kappa shape index (κ3) is 6.47. The van der Waals surface area contributed by atoms with E-state index in [0.717, 1.165) is 16.4 Å². The van der Waals surface area contributed by atoms with E-state index in [1.54, 1.807) is 24.3 Å². The molecule has 5 rings (SSSR count). The number of halogens is 4. The Hall–Kier alpha value is -5.11. The van der Waals surface area contributed by atoms with Gasteiger partial charge in [0.15, 0.2) is 0 Å². The van der Waals surface area contributed by atoms with Crippen molar-refractivity contribution >= 4 is 27.6 Å². The number of hydrogen-bond acceptors (Lipinski definition) is 6. The molecule has 14 heteroatoms. The molecule has 0 radical (unpaired) electrons. The van der Waals surface area contributed by atoms with E-state index in [4.69, 9.17) is 14.6 Å². The molecule has 0 aliphatic carbocycles. The number of fused-ring (bicyclic) bond motifs is 1. The first-order valence-electron chi connectivity index (χ1n) is 13.7. The second-order valence-corrected chi connectivity index (χ2v) is 12.0. The van der Waals surface area contributed by atoms with Crippen LogP contribution in [0.5, 0.6) is 11.5 Å². The van der Waals surface area contributed by atoms with E-state index in [-0.39, 0.29) is 23.6 Å². The predicted molar refractivity (Wildman–Crippen MR) is 159 cm³/mol. The van der Waals surface area contributed by atoms with Crippen molar-refractivity contribution in [1.29, 1.82) is 0 Å². The molecule has 0 saturated heterocycles. The lowest BCUT2D eigenvalue weighted by Crippen LogP contribution is -2.48. The lowest BCUT2D eigenvalue weighted by molar-refractivity contribution is -0.139. The van der Waals surface area contributed by atoms with Gasteiger partial charge in [-0.05, 0) is 59.7 Å². The maximum absolute atomic E-state index is 13.9. The number of aromatic carboxylic acids is 1. The number of amides is 1. The van der Waals surface area contributed by atoms with Crippen LogP contribution < -0.4 is 19.1 Å². The molecular weight excluding hydrogens is 632 g/mol. The van der Waals surface area contributed by atoms with Crippen molar-refractivity contribution in [1.82, 2.24) is 5.32 Å². The highest BCUT2D eigenvalue weighted by Gasteiger charge is 2.42. The minimum Gasteiger partial charge on any atom is -0.496 e. The molecule has 0 saturated carbocycles. The molecule has 4 aromatic carbocycles. The highest BCUT2D eigenvalue weighted by atomic mass is 32.2. The van der Waals surface area contributed by atoms with Crippen LogP contribution in [0.4, 0.5) is 23.2 Å². The second kappa shape index (κ2) is 12.7. The van der Waals surface area contributed by atoms with Gasteiger partial charge in [0.2, 0.25) is 5.91 Å². The second-order valence-electron chi connectivity index (χ2n) is 10.2. The van der Waals surface area contributed by atoms with Gasteiger partial charge in [-0.25, -0.2) is 17.6 Å². The first kappa shape index (κ1) is 32.3. The summed E-state index contributed by atoms with van der Waals surface area (Å²) in [6.45, 7) is -0.687. The molecule has 0 unspecified atom stereocenters.